The molecule has 4 heteroatoms. The van der Waals surface area contributed by atoms with E-state index in [2.05, 4.69) is 0 Å². The molecular weight excluding hydrogens is 200 g/mol. The van der Waals surface area contributed by atoms with Gasteiger partial charge in [0.05, 0.1) is 0 Å². The first-order valence-electron chi connectivity index (χ1n) is 5.03. The molecular formula is C11H13F2NO. The van der Waals surface area contributed by atoms with Gasteiger partial charge in [-0.05, 0) is 30.9 Å². The molecule has 1 aromatic carbocycles. The number of phenolic OH excluding ortho intramolecular Hbond substituents is 1. The molecule has 2 nitrogen and oxygen atoms in total. The molecule has 2 rings (SSSR count). The maximum Gasteiger partial charge on any atom is 0.165 e. The van der Waals surface area contributed by atoms with Crippen LogP contribution in [-0.2, 0) is 0 Å². The number of phenols is 1. The fraction of sp³-hybridized carbons (Fsp3) is 0.455. The maximum atomic E-state index is 13.4. The first-order valence-corrected chi connectivity index (χ1v) is 5.03. The van der Waals surface area contributed by atoms with Crippen LogP contribution in [0.1, 0.15) is 30.9 Å². The molecule has 3 N–H and O–H groups in total. The van der Waals surface area contributed by atoms with Gasteiger partial charge in [-0.1, -0.05) is 6.42 Å². The van der Waals surface area contributed by atoms with Crippen LogP contribution in [0.25, 0.3) is 0 Å². The lowest BCUT2D eigenvalue weighted by Gasteiger charge is -2.31. The molecule has 1 aromatic rings. The lowest BCUT2D eigenvalue weighted by molar-refractivity contribution is 0.254. The summed E-state index contributed by atoms with van der Waals surface area (Å²) in [5.74, 6) is -1.93. The largest absolute Gasteiger partial charge is 0.505 e. The van der Waals surface area contributed by atoms with Gasteiger partial charge in [0.1, 0.15) is 5.82 Å². The first kappa shape index (κ1) is 10.4. The van der Waals surface area contributed by atoms with Gasteiger partial charge in [-0.25, -0.2) is 8.78 Å². The molecule has 1 aliphatic rings. The monoisotopic (exact) mass is 213 g/mol. The van der Waals surface area contributed by atoms with E-state index in [1.165, 1.54) is 0 Å². The summed E-state index contributed by atoms with van der Waals surface area (Å²) in [6.07, 6.45) is 2.89. The van der Waals surface area contributed by atoms with Crippen molar-refractivity contribution in [2.45, 2.75) is 25.3 Å². The SMILES string of the molecule is N[C@@H](c1c(F)ccc(F)c1O)C1CCC1. The van der Waals surface area contributed by atoms with Gasteiger partial charge in [0.2, 0.25) is 0 Å². The van der Waals surface area contributed by atoms with E-state index in [1.54, 1.807) is 0 Å². The highest BCUT2D eigenvalue weighted by atomic mass is 19.1. The number of benzene rings is 1. The second-order valence-electron chi connectivity index (χ2n) is 4.01. The summed E-state index contributed by atoms with van der Waals surface area (Å²) in [5.41, 5.74) is 5.72. The zero-order valence-electron chi connectivity index (χ0n) is 8.21. The highest BCUT2D eigenvalue weighted by molar-refractivity contribution is 5.37. The van der Waals surface area contributed by atoms with Gasteiger partial charge in [-0.3, -0.25) is 0 Å². The first-order chi connectivity index (χ1) is 7.11. The Balaban J connectivity index is 2.36. The van der Waals surface area contributed by atoms with Crippen molar-refractivity contribution in [3.63, 3.8) is 0 Å². The fourth-order valence-corrected chi connectivity index (χ4v) is 1.91. The van der Waals surface area contributed by atoms with E-state index in [4.69, 9.17) is 5.73 Å². The maximum absolute atomic E-state index is 13.4. The molecule has 1 fully saturated rings. The normalized spacial score (nSPS) is 18.6. The van der Waals surface area contributed by atoms with E-state index in [9.17, 15) is 13.9 Å². The standard InChI is InChI=1S/C11H13F2NO/c12-7-4-5-8(13)11(15)9(7)10(14)6-2-1-3-6/h4-6,10,15H,1-3,14H2/t10-/m1/s1. The Morgan fingerprint density at radius 3 is 2.40 bits per heavy atom. The second-order valence-corrected chi connectivity index (χ2v) is 4.01. The average molecular weight is 213 g/mol. The van der Waals surface area contributed by atoms with Gasteiger partial charge < -0.3 is 10.8 Å². The van der Waals surface area contributed by atoms with Gasteiger partial charge in [0.15, 0.2) is 11.6 Å². The molecule has 1 saturated carbocycles. The summed E-state index contributed by atoms with van der Waals surface area (Å²) in [4.78, 5) is 0. The Labute approximate surface area is 86.7 Å². The van der Waals surface area contributed by atoms with Gasteiger partial charge >= 0.3 is 0 Å². The molecule has 0 radical (unpaired) electrons. The number of hydrogen-bond acceptors (Lipinski definition) is 2. The quantitative estimate of drug-likeness (QED) is 0.792. The summed E-state index contributed by atoms with van der Waals surface area (Å²) in [5, 5.41) is 9.42. The number of halogens is 2. The van der Waals surface area contributed by atoms with Crippen molar-refractivity contribution in [2.75, 3.05) is 0 Å². The Hall–Kier alpha value is -1.16. The minimum atomic E-state index is -0.818. The molecule has 1 aliphatic carbocycles. The molecule has 15 heavy (non-hydrogen) atoms. The van der Waals surface area contributed by atoms with Crippen LogP contribution in [-0.4, -0.2) is 5.11 Å². The zero-order chi connectivity index (χ0) is 11.0. The van der Waals surface area contributed by atoms with Crippen LogP contribution in [0.4, 0.5) is 8.78 Å². The van der Waals surface area contributed by atoms with E-state index in [0.29, 0.717) is 0 Å². The Kier molecular flexibility index (Phi) is 2.61. The van der Waals surface area contributed by atoms with Gasteiger partial charge in [-0.15, -0.1) is 0 Å². The van der Waals surface area contributed by atoms with Crippen molar-refractivity contribution in [2.24, 2.45) is 11.7 Å². The van der Waals surface area contributed by atoms with E-state index < -0.39 is 23.4 Å². The zero-order valence-corrected chi connectivity index (χ0v) is 8.21. The minimum absolute atomic E-state index is 0.0836. The molecule has 0 unspecified atom stereocenters. The average Bonchev–Trinajstić information content (AvgIpc) is 2.09. The number of rotatable bonds is 2. The summed E-state index contributed by atoms with van der Waals surface area (Å²) in [6.45, 7) is 0. The smallest absolute Gasteiger partial charge is 0.165 e. The highest BCUT2D eigenvalue weighted by Crippen LogP contribution is 2.40. The van der Waals surface area contributed by atoms with Crippen LogP contribution in [0.15, 0.2) is 12.1 Å². The molecule has 0 aromatic heterocycles. The van der Waals surface area contributed by atoms with Crippen LogP contribution >= 0.6 is 0 Å². The van der Waals surface area contributed by atoms with Crippen molar-refractivity contribution >= 4 is 0 Å². The van der Waals surface area contributed by atoms with Crippen molar-refractivity contribution in [1.29, 1.82) is 0 Å². The topological polar surface area (TPSA) is 46.2 Å². The minimum Gasteiger partial charge on any atom is -0.505 e. The van der Waals surface area contributed by atoms with Crippen molar-refractivity contribution in [1.82, 2.24) is 0 Å². The van der Waals surface area contributed by atoms with Crippen molar-refractivity contribution in [3.8, 4) is 5.75 Å². The summed E-state index contributed by atoms with van der Waals surface area (Å²) >= 11 is 0. The van der Waals surface area contributed by atoms with Crippen molar-refractivity contribution < 1.29 is 13.9 Å². The Morgan fingerprint density at radius 1 is 1.27 bits per heavy atom. The van der Waals surface area contributed by atoms with E-state index in [0.717, 1.165) is 31.4 Å². The van der Waals surface area contributed by atoms with Crippen LogP contribution in [0.3, 0.4) is 0 Å². The molecule has 0 saturated heterocycles. The van der Waals surface area contributed by atoms with Gasteiger partial charge in [-0.2, -0.15) is 0 Å². The van der Waals surface area contributed by atoms with E-state index >= 15 is 0 Å². The number of nitrogens with two attached hydrogens (primary N) is 1. The summed E-state index contributed by atoms with van der Waals surface area (Å²) in [7, 11) is 0. The molecule has 0 amide bonds. The fourth-order valence-electron chi connectivity index (χ4n) is 1.91. The van der Waals surface area contributed by atoms with E-state index in [-0.39, 0.29) is 11.5 Å². The van der Waals surface area contributed by atoms with Gasteiger partial charge in [0.25, 0.3) is 0 Å². The predicted molar refractivity (Wildman–Crippen MR) is 52.3 cm³/mol. The third kappa shape index (κ3) is 1.69. The third-order valence-corrected chi connectivity index (χ3v) is 3.11. The van der Waals surface area contributed by atoms with Crippen LogP contribution in [0.5, 0.6) is 5.75 Å². The highest BCUT2D eigenvalue weighted by Gasteiger charge is 2.30. The van der Waals surface area contributed by atoms with Crippen LogP contribution in [0.2, 0.25) is 0 Å². The van der Waals surface area contributed by atoms with E-state index in [1.807, 2.05) is 0 Å². The molecule has 1 atom stereocenters. The molecule has 0 heterocycles. The summed E-state index contributed by atoms with van der Waals surface area (Å²) in [6, 6.07) is 1.30. The third-order valence-electron chi connectivity index (χ3n) is 3.11. The lowest BCUT2D eigenvalue weighted by Crippen LogP contribution is -2.27. The number of hydrogen-bond donors (Lipinski definition) is 2. The van der Waals surface area contributed by atoms with Crippen LogP contribution < -0.4 is 5.73 Å². The molecule has 0 spiro atoms. The molecule has 0 aliphatic heterocycles. The van der Waals surface area contributed by atoms with Crippen LogP contribution in [0, 0.1) is 17.6 Å². The second kappa shape index (κ2) is 3.77. The Bertz CT molecular complexity index is 377. The number of aromatic hydroxyl groups is 1. The molecule has 0 bridgehead atoms. The predicted octanol–water partition coefficient (Wildman–Crippen LogP) is 2.47. The summed E-state index contributed by atoms with van der Waals surface area (Å²) < 4.78 is 26.4. The Morgan fingerprint density at radius 2 is 1.87 bits per heavy atom. The lowest BCUT2D eigenvalue weighted by atomic mass is 9.77. The molecule has 82 valence electrons. The van der Waals surface area contributed by atoms with Gasteiger partial charge in [0, 0.05) is 11.6 Å². The van der Waals surface area contributed by atoms with Crippen molar-refractivity contribution in [3.05, 3.63) is 29.3 Å².